The molecule has 0 radical (unpaired) electrons. The Labute approximate surface area is 233 Å². The molecule has 0 aliphatic rings. The quantitative estimate of drug-likeness (QED) is 0.166. The molecule has 39 heavy (non-hydrogen) atoms. The molecule has 0 spiro atoms. The number of aryl methyl sites for hydroxylation is 1. The van der Waals surface area contributed by atoms with E-state index in [1.165, 1.54) is 18.0 Å². The molecule has 2 unspecified atom stereocenters. The maximum atomic E-state index is 12.6. The van der Waals surface area contributed by atoms with Crippen LogP contribution in [0.15, 0.2) is 10.9 Å². The summed E-state index contributed by atoms with van der Waals surface area (Å²) >= 11 is 5.64. The van der Waals surface area contributed by atoms with Crippen LogP contribution in [0.2, 0.25) is 0 Å². The first-order valence-corrected chi connectivity index (χ1v) is 13.2. The molecule has 1 aromatic heterocycles. The summed E-state index contributed by atoms with van der Waals surface area (Å²) in [5, 5.41) is 17.3. The lowest BCUT2D eigenvalue weighted by Crippen LogP contribution is -2.40. The standard InChI is InChI=1S/C26H40ClN5O7/c1-6-26(3,13-23(37)29-14-19-25(39)20(34)11-17(2)32(19)5)16-30-21(35)7-9-28-22(36)8-10-31(4)24(38)12-18(27)15-33/h11,15,18,39H,6-10,12-14,16H2,1-5H3,(H,28,36)(H,29,37)(H,30,35). The highest BCUT2D eigenvalue weighted by atomic mass is 35.5. The Hall–Kier alpha value is -3.41. The number of amides is 4. The minimum absolute atomic E-state index is 0.0140. The SMILES string of the molecule is CCC(C)(CNC(=O)CCNC(=O)CCN(C)C(=O)CC(Cl)C=O)CC(=O)NCc1c(O)c(=O)cc(C)n1C. The van der Waals surface area contributed by atoms with E-state index in [0.717, 1.165) is 0 Å². The number of alkyl halides is 1. The van der Waals surface area contributed by atoms with Crippen molar-refractivity contribution in [2.75, 3.05) is 26.7 Å². The van der Waals surface area contributed by atoms with Crippen molar-refractivity contribution in [2.24, 2.45) is 12.5 Å². The third-order valence-electron chi connectivity index (χ3n) is 6.68. The molecule has 0 aromatic carbocycles. The molecular weight excluding hydrogens is 530 g/mol. The van der Waals surface area contributed by atoms with Crippen LogP contribution in [0, 0.1) is 12.3 Å². The van der Waals surface area contributed by atoms with Crippen LogP contribution in [0.25, 0.3) is 0 Å². The van der Waals surface area contributed by atoms with Gasteiger partial charge in [0.1, 0.15) is 6.29 Å². The van der Waals surface area contributed by atoms with Crippen molar-refractivity contribution < 1.29 is 29.1 Å². The van der Waals surface area contributed by atoms with E-state index in [4.69, 9.17) is 11.6 Å². The summed E-state index contributed by atoms with van der Waals surface area (Å²) in [6.07, 6.45) is 1.14. The van der Waals surface area contributed by atoms with Crippen LogP contribution < -0.4 is 21.4 Å². The molecule has 218 valence electrons. The molecule has 13 heteroatoms. The molecular formula is C26H40ClN5O7. The number of aldehydes is 1. The van der Waals surface area contributed by atoms with Crippen molar-refractivity contribution in [3.63, 3.8) is 0 Å². The average molecular weight is 570 g/mol. The molecule has 0 fully saturated rings. The van der Waals surface area contributed by atoms with Gasteiger partial charge in [-0.3, -0.25) is 24.0 Å². The maximum absolute atomic E-state index is 12.6. The number of nitrogens with one attached hydrogen (secondary N) is 3. The summed E-state index contributed by atoms with van der Waals surface area (Å²) in [7, 11) is 3.20. The van der Waals surface area contributed by atoms with E-state index < -0.39 is 22.0 Å². The van der Waals surface area contributed by atoms with Gasteiger partial charge >= 0.3 is 0 Å². The minimum Gasteiger partial charge on any atom is -0.503 e. The zero-order chi connectivity index (χ0) is 29.8. The largest absolute Gasteiger partial charge is 0.503 e. The van der Waals surface area contributed by atoms with Gasteiger partial charge in [0.25, 0.3) is 0 Å². The smallest absolute Gasteiger partial charge is 0.224 e. The van der Waals surface area contributed by atoms with Gasteiger partial charge in [0, 0.05) is 71.2 Å². The first kappa shape index (κ1) is 33.6. The summed E-state index contributed by atoms with van der Waals surface area (Å²) in [4.78, 5) is 72.5. The Bertz CT molecular complexity index is 1110. The highest BCUT2D eigenvalue weighted by Gasteiger charge is 2.26. The summed E-state index contributed by atoms with van der Waals surface area (Å²) in [5.41, 5.74) is -0.0858. The van der Waals surface area contributed by atoms with Crippen molar-refractivity contribution in [3.8, 4) is 5.75 Å². The van der Waals surface area contributed by atoms with Crippen LogP contribution >= 0.6 is 11.6 Å². The predicted octanol–water partition coefficient (Wildman–Crippen LogP) is 0.489. The Morgan fingerprint density at radius 3 is 2.41 bits per heavy atom. The molecule has 12 nitrogen and oxygen atoms in total. The van der Waals surface area contributed by atoms with Crippen LogP contribution in [0.1, 0.15) is 57.3 Å². The zero-order valence-corrected chi connectivity index (χ0v) is 24.0. The van der Waals surface area contributed by atoms with Crippen molar-refractivity contribution in [3.05, 3.63) is 27.7 Å². The molecule has 2 atom stereocenters. The first-order valence-electron chi connectivity index (χ1n) is 12.7. The fraction of sp³-hybridized carbons (Fsp3) is 0.615. The summed E-state index contributed by atoms with van der Waals surface area (Å²) in [5.74, 6) is -1.65. The number of rotatable bonds is 16. The van der Waals surface area contributed by atoms with E-state index >= 15 is 0 Å². The molecule has 1 heterocycles. The lowest BCUT2D eigenvalue weighted by molar-refractivity contribution is -0.131. The van der Waals surface area contributed by atoms with E-state index in [1.807, 2.05) is 13.8 Å². The fourth-order valence-electron chi connectivity index (χ4n) is 3.58. The molecule has 0 aliphatic heterocycles. The zero-order valence-electron chi connectivity index (χ0n) is 23.3. The second-order valence-electron chi connectivity index (χ2n) is 9.92. The van der Waals surface area contributed by atoms with Crippen LogP contribution in [0.5, 0.6) is 5.75 Å². The van der Waals surface area contributed by atoms with Crippen molar-refractivity contribution >= 4 is 41.5 Å². The molecule has 0 saturated carbocycles. The summed E-state index contributed by atoms with van der Waals surface area (Å²) < 4.78 is 1.64. The van der Waals surface area contributed by atoms with Crippen LogP contribution in [-0.2, 0) is 37.6 Å². The molecule has 4 N–H and O–H groups in total. The molecule has 0 bridgehead atoms. The summed E-state index contributed by atoms with van der Waals surface area (Å²) in [6.45, 7) is 5.99. The van der Waals surface area contributed by atoms with Crippen molar-refractivity contribution in [1.29, 1.82) is 0 Å². The van der Waals surface area contributed by atoms with Gasteiger partial charge in [-0.25, -0.2) is 0 Å². The highest BCUT2D eigenvalue weighted by molar-refractivity contribution is 6.28. The molecule has 0 aliphatic carbocycles. The number of carbonyl (C=O) groups excluding carboxylic acids is 5. The number of aromatic nitrogens is 1. The number of halogens is 1. The predicted molar refractivity (Wildman–Crippen MR) is 146 cm³/mol. The number of hydrogen-bond donors (Lipinski definition) is 4. The van der Waals surface area contributed by atoms with E-state index in [0.29, 0.717) is 24.1 Å². The fourth-order valence-corrected chi connectivity index (χ4v) is 3.72. The van der Waals surface area contributed by atoms with Gasteiger partial charge < -0.3 is 35.3 Å². The highest BCUT2D eigenvalue weighted by Crippen LogP contribution is 2.25. The van der Waals surface area contributed by atoms with Gasteiger partial charge in [-0.2, -0.15) is 0 Å². The molecule has 0 saturated heterocycles. The van der Waals surface area contributed by atoms with Gasteiger partial charge in [-0.05, 0) is 18.8 Å². The van der Waals surface area contributed by atoms with E-state index in [9.17, 15) is 33.9 Å². The monoisotopic (exact) mass is 569 g/mol. The number of hydrogen-bond acceptors (Lipinski definition) is 7. The lowest BCUT2D eigenvalue weighted by Gasteiger charge is -2.28. The second kappa shape index (κ2) is 15.9. The van der Waals surface area contributed by atoms with Gasteiger partial charge in [-0.1, -0.05) is 13.8 Å². The third kappa shape index (κ3) is 11.5. The van der Waals surface area contributed by atoms with E-state index in [-0.39, 0.29) is 75.5 Å². The maximum Gasteiger partial charge on any atom is 0.224 e. The number of pyridine rings is 1. The van der Waals surface area contributed by atoms with Gasteiger partial charge in [0.05, 0.1) is 17.6 Å². The molecule has 1 rings (SSSR count). The summed E-state index contributed by atoms with van der Waals surface area (Å²) in [6, 6.07) is 1.32. The van der Waals surface area contributed by atoms with Crippen LogP contribution in [-0.4, -0.2) is 76.5 Å². The Kier molecular flexibility index (Phi) is 13.7. The first-order chi connectivity index (χ1) is 18.2. The van der Waals surface area contributed by atoms with E-state index in [1.54, 1.807) is 18.5 Å². The molecule has 1 aromatic rings. The van der Waals surface area contributed by atoms with E-state index in [2.05, 4.69) is 16.0 Å². The van der Waals surface area contributed by atoms with Crippen molar-refractivity contribution in [2.45, 2.75) is 64.8 Å². The van der Waals surface area contributed by atoms with Gasteiger partial charge in [0.2, 0.25) is 29.1 Å². The lowest BCUT2D eigenvalue weighted by atomic mass is 9.83. The Morgan fingerprint density at radius 2 is 1.79 bits per heavy atom. The second-order valence-corrected chi connectivity index (χ2v) is 10.5. The molecule has 4 amide bonds. The number of carbonyl (C=O) groups is 5. The third-order valence-corrected chi connectivity index (χ3v) is 6.94. The van der Waals surface area contributed by atoms with Crippen LogP contribution in [0.4, 0.5) is 0 Å². The topological polar surface area (TPSA) is 167 Å². The number of aromatic hydroxyl groups is 1. The minimum atomic E-state index is -0.902. The normalized spacial score (nSPS) is 13.1. The van der Waals surface area contributed by atoms with Gasteiger partial charge in [0.15, 0.2) is 5.75 Å². The number of nitrogens with zero attached hydrogens (tertiary/aromatic N) is 2. The Balaban J connectivity index is 2.43. The average Bonchev–Trinajstić information content (AvgIpc) is 2.89. The van der Waals surface area contributed by atoms with Crippen LogP contribution in [0.3, 0.4) is 0 Å². The van der Waals surface area contributed by atoms with Crippen molar-refractivity contribution in [1.82, 2.24) is 25.4 Å². The Morgan fingerprint density at radius 1 is 1.15 bits per heavy atom. The van der Waals surface area contributed by atoms with Gasteiger partial charge in [-0.15, -0.1) is 11.6 Å².